The summed E-state index contributed by atoms with van der Waals surface area (Å²) in [7, 11) is 0. The normalized spacial score (nSPS) is 12.0. The lowest BCUT2D eigenvalue weighted by Crippen LogP contribution is -2.42. The summed E-state index contributed by atoms with van der Waals surface area (Å²) in [6.45, 7) is -4.16. The molecular formula is C12H12F3NO4. The van der Waals surface area contributed by atoms with Gasteiger partial charge in [0.2, 0.25) is 5.91 Å². The fraction of sp³-hybridized carbons (Fsp3) is 0.333. The van der Waals surface area contributed by atoms with Crippen LogP contribution >= 0.6 is 0 Å². The number of carbonyl (C=O) groups excluding carboxylic acids is 1. The molecule has 8 heteroatoms. The van der Waals surface area contributed by atoms with Crippen molar-refractivity contribution in [2.45, 2.75) is 19.1 Å². The summed E-state index contributed by atoms with van der Waals surface area (Å²) in [6, 6.07) is 3.66. The topological polar surface area (TPSA) is 75.6 Å². The Morgan fingerprint density at radius 2 is 1.85 bits per heavy atom. The van der Waals surface area contributed by atoms with Crippen molar-refractivity contribution in [2.75, 3.05) is 6.67 Å². The molecule has 0 spiro atoms. The van der Waals surface area contributed by atoms with E-state index < -0.39 is 31.2 Å². The Morgan fingerprint density at radius 1 is 1.25 bits per heavy atom. The lowest BCUT2D eigenvalue weighted by molar-refractivity contribution is -0.142. The van der Waals surface area contributed by atoms with Gasteiger partial charge in [-0.3, -0.25) is 4.79 Å². The van der Waals surface area contributed by atoms with Gasteiger partial charge in [-0.2, -0.15) is 8.78 Å². The lowest BCUT2D eigenvalue weighted by Gasteiger charge is -2.11. The maximum Gasteiger partial charge on any atom is 0.387 e. The predicted octanol–water partition coefficient (Wildman–Crippen LogP) is 1.37. The molecule has 20 heavy (non-hydrogen) atoms. The highest BCUT2D eigenvalue weighted by Crippen LogP contribution is 2.15. The van der Waals surface area contributed by atoms with E-state index in [0.29, 0.717) is 5.56 Å². The smallest absolute Gasteiger partial charge is 0.387 e. The molecule has 0 aromatic heterocycles. The fourth-order valence-corrected chi connectivity index (χ4v) is 1.39. The SMILES string of the molecule is O=C(Cc1ccc(OC(F)F)cc1)NC(CF)C(=O)O. The molecule has 1 rings (SSSR count). The molecule has 1 aromatic carbocycles. The first kappa shape index (κ1) is 15.8. The van der Waals surface area contributed by atoms with Crippen molar-refractivity contribution in [1.29, 1.82) is 0 Å². The van der Waals surface area contributed by atoms with Crippen LogP contribution in [0, 0.1) is 0 Å². The first-order chi connectivity index (χ1) is 9.42. The van der Waals surface area contributed by atoms with Crippen molar-refractivity contribution >= 4 is 11.9 Å². The van der Waals surface area contributed by atoms with Crippen LogP contribution in [-0.2, 0) is 16.0 Å². The van der Waals surface area contributed by atoms with Crippen LogP contribution in [0.2, 0.25) is 0 Å². The van der Waals surface area contributed by atoms with Crippen LogP contribution in [0.5, 0.6) is 5.75 Å². The van der Waals surface area contributed by atoms with Gasteiger partial charge in [0, 0.05) is 0 Å². The van der Waals surface area contributed by atoms with Gasteiger partial charge in [0.05, 0.1) is 6.42 Å². The molecule has 0 saturated heterocycles. The van der Waals surface area contributed by atoms with E-state index in [-0.39, 0.29) is 12.2 Å². The highest BCUT2D eigenvalue weighted by molar-refractivity contribution is 5.84. The Balaban J connectivity index is 2.55. The van der Waals surface area contributed by atoms with Crippen molar-refractivity contribution < 1.29 is 32.6 Å². The molecule has 0 heterocycles. The number of aliphatic carboxylic acids is 1. The molecular weight excluding hydrogens is 279 g/mol. The van der Waals surface area contributed by atoms with E-state index in [0.717, 1.165) is 0 Å². The van der Waals surface area contributed by atoms with E-state index in [4.69, 9.17) is 5.11 Å². The molecule has 0 aliphatic carbocycles. The number of carbonyl (C=O) groups is 2. The molecule has 2 N–H and O–H groups in total. The molecule has 1 aromatic rings. The summed E-state index contributed by atoms with van der Waals surface area (Å²) in [5.41, 5.74) is 0.451. The molecule has 0 radical (unpaired) electrons. The van der Waals surface area contributed by atoms with Crippen molar-refractivity contribution in [3.05, 3.63) is 29.8 Å². The van der Waals surface area contributed by atoms with Gasteiger partial charge in [0.15, 0.2) is 6.04 Å². The summed E-state index contributed by atoms with van der Waals surface area (Å²) in [4.78, 5) is 22.0. The molecule has 5 nitrogen and oxygen atoms in total. The average Bonchev–Trinajstić information content (AvgIpc) is 2.37. The second-order valence-corrected chi connectivity index (χ2v) is 3.81. The minimum Gasteiger partial charge on any atom is -0.480 e. The molecule has 0 saturated carbocycles. The monoisotopic (exact) mass is 291 g/mol. The van der Waals surface area contributed by atoms with Gasteiger partial charge >= 0.3 is 12.6 Å². The largest absolute Gasteiger partial charge is 0.480 e. The van der Waals surface area contributed by atoms with Crippen molar-refractivity contribution in [2.24, 2.45) is 0 Å². The van der Waals surface area contributed by atoms with Crippen LogP contribution in [-0.4, -0.2) is 36.3 Å². The molecule has 0 bridgehead atoms. The quantitative estimate of drug-likeness (QED) is 0.795. The number of ether oxygens (including phenoxy) is 1. The summed E-state index contributed by atoms with van der Waals surface area (Å²) in [5, 5.41) is 10.6. The second-order valence-electron chi connectivity index (χ2n) is 3.81. The van der Waals surface area contributed by atoms with E-state index in [1.165, 1.54) is 24.3 Å². The van der Waals surface area contributed by atoms with Crippen LogP contribution in [0.25, 0.3) is 0 Å². The zero-order chi connectivity index (χ0) is 15.1. The van der Waals surface area contributed by atoms with Crippen molar-refractivity contribution in [3.63, 3.8) is 0 Å². The van der Waals surface area contributed by atoms with Crippen LogP contribution in [0.3, 0.4) is 0 Å². The van der Waals surface area contributed by atoms with E-state index in [9.17, 15) is 22.8 Å². The first-order valence-electron chi connectivity index (χ1n) is 5.54. The van der Waals surface area contributed by atoms with Crippen LogP contribution in [0.1, 0.15) is 5.56 Å². The number of halogens is 3. The van der Waals surface area contributed by atoms with Crippen molar-refractivity contribution in [1.82, 2.24) is 5.32 Å². The number of amides is 1. The van der Waals surface area contributed by atoms with Crippen LogP contribution < -0.4 is 10.1 Å². The number of benzene rings is 1. The highest BCUT2D eigenvalue weighted by Gasteiger charge is 2.19. The van der Waals surface area contributed by atoms with Gasteiger partial charge in [-0.1, -0.05) is 12.1 Å². The minimum atomic E-state index is -2.94. The van der Waals surface area contributed by atoms with E-state index >= 15 is 0 Å². The van der Waals surface area contributed by atoms with Gasteiger partial charge in [-0.25, -0.2) is 9.18 Å². The third-order valence-electron chi connectivity index (χ3n) is 2.30. The van der Waals surface area contributed by atoms with Crippen LogP contribution in [0.15, 0.2) is 24.3 Å². The number of nitrogens with one attached hydrogen (secondary N) is 1. The maximum atomic E-state index is 12.3. The Morgan fingerprint density at radius 3 is 2.30 bits per heavy atom. The third kappa shape index (κ3) is 5.17. The van der Waals surface area contributed by atoms with E-state index in [1.54, 1.807) is 0 Å². The Bertz CT molecular complexity index is 464. The Hall–Kier alpha value is -2.25. The highest BCUT2D eigenvalue weighted by atomic mass is 19.3. The number of alkyl halides is 3. The second kappa shape index (κ2) is 7.37. The van der Waals surface area contributed by atoms with Gasteiger partial charge in [0.1, 0.15) is 12.4 Å². The average molecular weight is 291 g/mol. The molecule has 0 fully saturated rings. The maximum absolute atomic E-state index is 12.3. The minimum absolute atomic E-state index is 0.0590. The van der Waals surface area contributed by atoms with Gasteiger partial charge in [-0.15, -0.1) is 0 Å². The molecule has 0 aliphatic rings. The molecule has 110 valence electrons. The zero-order valence-electron chi connectivity index (χ0n) is 10.2. The predicted molar refractivity (Wildman–Crippen MR) is 62.3 cm³/mol. The number of carboxylic acids is 1. The first-order valence-corrected chi connectivity index (χ1v) is 5.54. The Kier molecular flexibility index (Phi) is 5.82. The number of carboxylic acid groups (broad SMARTS) is 1. The van der Waals surface area contributed by atoms with Gasteiger partial charge in [-0.05, 0) is 17.7 Å². The lowest BCUT2D eigenvalue weighted by atomic mass is 10.1. The zero-order valence-corrected chi connectivity index (χ0v) is 10.2. The summed E-state index contributed by atoms with van der Waals surface area (Å²) in [5.74, 6) is -2.21. The van der Waals surface area contributed by atoms with Gasteiger partial charge in [0.25, 0.3) is 0 Å². The fourth-order valence-electron chi connectivity index (χ4n) is 1.39. The van der Waals surface area contributed by atoms with E-state index in [2.05, 4.69) is 4.74 Å². The summed E-state index contributed by atoms with van der Waals surface area (Å²) in [6.07, 6.45) is -0.196. The summed E-state index contributed by atoms with van der Waals surface area (Å²) < 4.78 is 40.2. The van der Waals surface area contributed by atoms with Crippen molar-refractivity contribution in [3.8, 4) is 5.75 Å². The van der Waals surface area contributed by atoms with Crippen LogP contribution in [0.4, 0.5) is 13.2 Å². The molecule has 1 atom stereocenters. The molecule has 0 aliphatic heterocycles. The third-order valence-corrected chi connectivity index (χ3v) is 2.30. The van der Waals surface area contributed by atoms with E-state index in [1.807, 2.05) is 5.32 Å². The summed E-state index contributed by atoms with van der Waals surface area (Å²) >= 11 is 0. The number of hydrogen-bond acceptors (Lipinski definition) is 3. The molecule has 1 unspecified atom stereocenters. The Labute approximate surface area is 112 Å². The number of rotatable bonds is 7. The molecule has 1 amide bonds. The standard InChI is InChI=1S/C12H12F3NO4/c13-6-9(11(18)19)16-10(17)5-7-1-3-8(4-2-7)20-12(14)15/h1-4,9,12H,5-6H2,(H,16,17)(H,18,19). The van der Waals surface area contributed by atoms with Gasteiger partial charge < -0.3 is 15.2 Å². The number of hydrogen-bond donors (Lipinski definition) is 2.